The molecule has 1 amide bonds. The molecule has 0 aliphatic carbocycles. The Morgan fingerprint density at radius 3 is 2.67 bits per heavy atom. The zero-order valence-electron chi connectivity index (χ0n) is 16.8. The molecule has 13 heteroatoms. The van der Waals surface area contributed by atoms with Gasteiger partial charge >= 0.3 is 0 Å². The normalized spacial score (nSPS) is 10.7. The third kappa shape index (κ3) is 5.49. The van der Waals surface area contributed by atoms with Crippen LogP contribution in [0.15, 0.2) is 61.1 Å². The first-order chi connectivity index (χ1) is 15.9. The van der Waals surface area contributed by atoms with E-state index in [0.29, 0.717) is 6.54 Å². The van der Waals surface area contributed by atoms with Crippen LogP contribution in [0, 0.1) is 15.9 Å². The molecule has 0 saturated heterocycles. The summed E-state index contributed by atoms with van der Waals surface area (Å²) in [5, 5.41) is 21.7. The van der Waals surface area contributed by atoms with Gasteiger partial charge in [0.15, 0.2) is 12.4 Å². The molecule has 0 aliphatic heterocycles. The van der Waals surface area contributed by atoms with Crippen LogP contribution in [-0.4, -0.2) is 35.4 Å². The van der Waals surface area contributed by atoms with Gasteiger partial charge in [-0.15, -0.1) is 5.10 Å². The Balaban J connectivity index is 1.33. The van der Waals surface area contributed by atoms with E-state index >= 15 is 0 Å². The smallest absolute Gasteiger partial charge is 0.278 e. The molecule has 2 aromatic carbocycles. The third-order valence-electron chi connectivity index (χ3n) is 4.37. The first-order valence-corrected chi connectivity index (χ1v) is 9.80. The molecule has 33 heavy (non-hydrogen) atoms. The number of rotatable bonds is 8. The maximum atomic E-state index is 13.0. The second kappa shape index (κ2) is 9.44. The van der Waals surface area contributed by atoms with Crippen molar-refractivity contribution in [2.75, 3.05) is 5.32 Å². The monoisotopic (exact) mass is 471 g/mol. The highest BCUT2D eigenvalue weighted by Gasteiger charge is 2.14. The van der Waals surface area contributed by atoms with Crippen molar-refractivity contribution in [2.45, 2.75) is 13.3 Å². The summed E-state index contributed by atoms with van der Waals surface area (Å²) in [7, 11) is 0. The highest BCUT2D eigenvalue weighted by Crippen LogP contribution is 2.28. The lowest BCUT2D eigenvalue weighted by molar-refractivity contribution is -0.384. The molecule has 0 saturated carbocycles. The zero-order chi connectivity index (χ0) is 23.4. The first-order valence-electron chi connectivity index (χ1n) is 9.43. The van der Waals surface area contributed by atoms with Gasteiger partial charge in [-0.3, -0.25) is 20.2 Å². The van der Waals surface area contributed by atoms with Gasteiger partial charge in [-0.1, -0.05) is 23.7 Å². The molecular formula is C20H15ClFN7O4. The molecule has 0 unspecified atom stereocenters. The summed E-state index contributed by atoms with van der Waals surface area (Å²) < 4.78 is 21.4. The van der Waals surface area contributed by atoms with Crippen molar-refractivity contribution in [3.63, 3.8) is 0 Å². The molecule has 168 valence electrons. The minimum atomic E-state index is -0.561. The fraction of sp³-hybridized carbons (Fsp3) is 0.100. The lowest BCUT2D eigenvalue weighted by atomic mass is 10.2. The highest BCUT2D eigenvalue weighted by molar-refractivity contribution is 6.32. The SMILES string of the molecule is O=C(Nc1ncn(Cc2ccc(F)cc2)n1)c1ccn(COc2ccc([N+](=O)[O-])cc2Cl)n1. The fourth-order valence-corrected chi connectivity index (χ4v) is 3.01. The number of nitrogens with zero attached hydrogens (tertiary/aromatic N) is 6. The van der Waals surface area contributed by atoms with E-state index in [4.69, 9.17) is 16.3 Å². The number of nitro benzene ring substituents is 1. The molecule has 11 nitrogen and oxygen atoms in total. The van der Waals surface area contributed by atoms with Gasteiger partial charge in [0.05, 0.1) is 16.5 Å². The van der Waals surface area contributed by atoms with Gasteiger partial charge in [0.25, 0.3) is 11.6 Å². The number of hydrogen-bond donors (Lipinski definition) is 1. The van der Waals surface area contributed by atoms with E-state index in [2.05, 4.69) is 20.5 Å². The molecule has 2 heterocycles. The number of carbonyl (C=O) groups excluding carboxylic acids is 1. The Bertz CT molecular complexity index is 1310. The molecule has 0 radical (unpaired) electrons. The number of amides is 1. The molecule has 4 rings (SSSR count). The van der Waals surface area contributed by atoms with E-state index in [1.165, 1.54) is 58.3 Å². The van der Waals surface area contributed by atoms with Crippen LogP contribution >= 0.6 is 11.6 Å². The summed E-state index contributed by atoms with van der Waals surface area (Å²) in [6.45, 7) is 0.287. The quantitative estimate of drug-likeness (QED) is 0.307. The van der Waals surface area contributed by atoms with Crippen molar-refractivity contribution in [1.29, 1.82) is 0 Å². The van der Waals surface area contributed by atoms with Crippen molar-refractivity contribution in [3.8, 4) is 5.75 Å². The summed E-state index contributed by atoms with van der Waals surface area (Å²) in [4.78, 5) is 26.7. The van der Waals surface area contributed by atoms with Gasteiger partial charge in [0.1, 0.15) is 17.9 Å². The van der Waals surface area contributed by atoms with Crippen LogP contribution in [0.25, 0.3) is 0 Å². The fourth-order valence-electron chi connectivity index (χ4n) is 2.78. The van der Waals surface area contributed by atoms with Crippen molar-refractivity contribution < 1.29 is 18.8 Å². The number of benzene rings is 2. The number of non-ortho nitro benzene ring substituents is 1. The molecule has 0 atom stereocenters. The summed E-state index contributed by atoms with van der Waals surface area (Å²) in [6.07, 6.45) is 2.97. The minimum absolute atomic E-state index is 0.0740. The molecule has 1 N–H and O–H groups in total. The van der Waals surface area contributed by atoms with E-state index in [1.807, 2.05) is 0 Å². The summed E-state index contributed by atoms with van der Waals surface area (Å²) >= 11 is 5.99. The van der Waals surface area contributed by atoms with Crippen LogP contribution in [0.5, 0.6) is 5.75 Å². The maximum absolute atomic E-state index is 13.0. The van der Waals surface area contributed by atoms with Crippen molar-refractivity contribution in [3.05, 3.63) is 93.3 Å². The molecule has 0 spiro atoms. The average molecular weight is 472 g/mol. The van der Waals surface area contributed by atoms with E-state index in [9.17, 15) is 19.3 Å². The Kier molecular flexibility index (Phi) is 6.26. The largest absolute Gasteiger partial charge is 0.470 e. The van der Waals surface area contributed by atoms with Crippen LogP contribution in [-0.2, 0) is 13.3 Å². The second-order valence-corrected chi connectivity index (χ2v) is 7.14. The average Bonchev–Trinajstić information content (AvgIpc) is 3.44. The maximum Gasteiger partial charge on any atom is 0.278 e. The molecular weight excluding hydrogens is 457 g/mol. The van der Waals surface area contributed by atoms with E-state index in [0.717, 1.165) is 5.56 Å². The number of nitrogens with one attached hydrogen (secondary N) is 1. The topological polar surface area (TPSA) is 130 Å². The summed E-state index contributed by atoms with van der Waals surface area (Å²) in [6, 6.07) is 11.3. The number of halogens is 2. The zero-order valence-corrected chi connectivity index (χ0v) is 17.5. The minimum Gasteiger partial charge on any atom is -0.470 e. The van der Waals surface area contributed by atoms with Crippen LogP contribution in [0.1, 0.15) is 16.1 Å². The Morgan fingerprint density at radius 1 is 1.15 bits per heavy atom. The van der Waals surface area contributed by atoms with E-state index < -0.39 is 10.8 Å². The Hall–Kier alpha value is -4.32. The number of aromatic nitrogens is 5. The van der Waals surface area contributed by atoms with Crippen molar-refractivity contribution in [1.82, 2.24) is 24.5 Å². The van der Waals surface area contributed by atoms with Gasteiger partial charge in [-0.2, -0.15) is 5.10 Å². The molecule has 0 aliphatic rings. The highest BCUT2D eigenvalue weighted by atomic mass is 35.5. The van der Waals surface area contributed by atoms with Crippen molar-refractivity contribution in [2.24, 2.45) is 0 Å². The number of anilines is 1. The summed E-state index contributed by atoms with van der Waals surface area (Å²) in [5.74, 6) is -0.530. The lowest BCUT2D eigenvalue weighted by Crippen LogP contribution is -2.15. The number of nitro groups is 1. The third-order valence-corrected chi connectivity index (χ3v) is 4.67. The van der Waals surface area contributed by atoms with Crippen LogP contribution in [0.4, 0.5) is 16.0 Å². The van der Waals surface area contributed by atoms with Crippen molar-refractivity contribution >= 4 is 29.1 Å². The summed E-state index contributed by atoms with van der Waals surface area (Å²) in [5.41, 5.74) is 0.772. The number of hydrogen-bond acceptors (Lipinski definition) is 7. The van der Waals surface area contributed by atoms with Crippen LogP contribution < -0.4 is 10.1 Å². The first kappa shape index (κ1) is 21.9. The predicted octanol–water partition coefficient (Wildman–Crippen LogP) is 3.51. The lowest BCUT2D eigenvalue weighted by Gasteiger charge is -2.07. The second-order valence-electron chi connectivity index (χ2n) is 6.73. The Morgan fingerprint density at radius 2 is 1.94 bits per heavy atom. The van der Waals surface area contributed by atoms with Crippen LogP contribution in [0.2, 0.25) is 5.02 Å². The Labute approximate surface area is 190 Å². The van der Waals surface area contributed by atoms with Gasteiger partial charge in [-0.25, -0.2) is 18.7 Å². The van der Waals surface area contributed by atoms with E-state index in [1.54, 1.807) is 12.1 Å². The van der Waals surface area contributed by atoms with E-state index in [-0.39, 0.29) is 40.6 Å². The standard InChI is InChI=1S/C20H15ClFN7O4/c21-16-9-15(29(31)32)5-6-18(16)33-12-27-8-7-17(25-27)19(30)24-20-23-11-28(26-20)10-13-1-3-14(22)4-2-13/h1-9,11H,10,12H2,(H,24,26,30). The number of ether oxygens (including phenoxy) is 1. The van der Waals surface area contributed by atoms with Crippen LogP contribution in [0.3, 0.4) is 0 Å². The molecule has 4 aromatic rings. The molecule has 2 aromatic heterocycles. The number of carbonyl (C=O) groups is 1. The van der Waals surface area contributed by atoms with Gasteiger partial charge in [0, 0.05) is 18.3 Å². The van der Waals surface area contributed by atoms with Gasteiger partial charge < -0.3 is 4.74 Å². The van der Waals surface area contributed by atoms with Gasteiger partial charge in [-0.05, 0) is 29.8 Å². The molecule has 0 bridgehead atoms. The molecule has 0 fully saturated rings. The predicted molar refractivity (Wildman–Crippen MR) is 114 cm³/mol. The van der Waals surface area contributed by atoms with Gasteiger partial charge in [0.2, 0.25) is 5.95 Å².